The maximum atomic E-state index is 5.57. The van der Waals surface area contributed by atoms with Gasteiger partial charge in [-0.15, -0.1) is 6.42 Å². The fraction of sp³-hybridized carbons (Fsp3) is 0.857. The minimum atomic E-state index is 0.246. The van der Waals surface area contributed by atoms with Crippen LogP contribution >= 0.6 is 0 Å². The monoisotopic (exact) mass is 222 g/mol. The second-order valence-corrected chi connectivity index (χ2v) is 5.61. The second kappa shape index (κ2) is 5.70. The molecule has 0 aromatic heterocycles. The van der Waals surface area contributed by atoms with Gasteiger partial charge in [-0.2, -0.15) is 0 Å². The lowest BCUT2D eigenvalue weighted by Crippen LogP contribution is -2.61. The van der Waals surface area contributed by atoms with E-state index in [4.69, 9.17) is 6.42 Å². The van der Waals surface area contributed by atoms with E-state index in [1.807, 2.05) is 0 Å². The predicted molar refractivity (Wildman–Crippen MR) is 70.3 cm³/mol. The highest BCUT2D eigenvalue weighted by molar-refractivity contribution is 5.02. The third-order valence-electron chi connectivity index (χ3n) is 3.74. The Morgan fingerprint density at radius 2 is 1.81 bits per heavy atom. The van der Waals surface area contributed by atoms with Crippen LogP contribution in [0.4, 0.5) is 0 Å². The van der Waals surface area contributed by atoms with E-state index in [1.54, 1.807) is 0 Å². The topological polar surface area (TPSA) is 15.3 Å². The van der Waals surface area contributed by atoms with E-state index in [0.717, 1.165) is 13.1 Å². The van der Waals surface area contributed by atoms with Crippen molar-refractivity contribution in [1.82, 2.24) is 10.2 Å². The van der Waals surface area contributed by atoms with Crippen LogP contribution in [-0.4, -0.2) is 36.1 Å². The van der Waals surface area contributed by atoms with Crippen LogP contribution in [0.2, 0.25) is 0 Å². The predicted octanol–water partition coefficient (Wildman–Crippen LogP) is 1.96. The van der Waals surface area contributed by atoms with Crippen molar-refractivity contribution < 1.29 is 0 Å². The molecule has 1 aliphatic rings. The Hall–Kier alpha value is -0.520. The molecule has 16 heavy (non-hydrogen) atoms. The first-order valence-electron chi connectivity index (χ1n) is 6.42. The molecule has 2 nitrogen and oxygen atoms in total. The lowest BCUT2D eigenvalue weighted by atomic mass is 9.93. The van der Waals surface area contributed by atoms with Crippen LogP contribution in [0.3, 0.4) is 0 Å². The molecule has 92 valence electrons. The highest BCUT2D eigenvalue weighted by Gasteiger charge is 2.32. The van der Waals surface area contributed by atoms with E-state index in [2.05, 4.69) is 50.8 Å². The first-order valence-corrected chi connectivity index (χ1v) is 6.42. The van der Waals surface area contributed by atoms with Crippen molar-refractivity contribution in [1.29, 1.82) is 0 Å². The molecule has 0 aromatic carbocycles. The van der Waals surface area contributed by atoms with Crippen LogP contribution in [0, 0.1) is 24.2 Å². The Balaban J connectivity index is 2.74. The van der Waals surface area contributed by atoms with Crippen molar-refractivity contribution in [2.45, 2.75) is 52.7 Å². The zero-order chi connectivity index (χ0) is 12.3. The molecule has 1 aliphatic heterocycles. The van der Waals surface area contributed by atoms with Gasteiger partial charge in [0.05, 0.1) is 6.04 Å². The number of hydrogen-bond donors (Lipinski definition) is 1. The second-order valence-electron chi connectivity index (χ2n) is 5.61. The van der Waals surface area contributed by atoms with Crippen LogP contribution in [0.25, 0.3) is 0 Å². The number of terminal acetylenes is 1. The van der Waals surface area contributed by atoms with Crippen LogP contribution in [-0.2, 0) is 0 Å². The molecular weight excluding hydrogens is 196 g/mol. The van der Waals surface area contributed by atoms with Crippen LogP contribution in [0.5, 0.6) is 0 Å². The Labute approximate surface area is 101 Å². The molecule has 1 N–H and O–H groups in total. The molecule has 0 amide bonds. The normalized spacial score (nSPS) is 29.4. The largest absolute Gasteiger partial charge is 0.311 e. The highest BCUT2D eigenvalue weighted by Crippen LogP contribution is 2.20. The van der Waals surface area contributed by atoms with Crippen molar-refractivity contribution in [3.8, 4) is 12.3 Å². The van der Waals surface area contributed by atoms with Gasteiger partial charge in [-0.05, 0) is 18.8 Å². The van der Waals surface area contributed by atoms with Crippen molar-refractivity contribution in [3.05, 3.63) is 0 Å². The summed E-state index contributed by atoms with van der Waals surface area (Å²) in [5, 5.41) is 3.65. The highest BCUT2D eigenvalue weighted by atomic mass is 15.3. The van der Waals surface area contributed by atoms with E-state index < -0.39 is 0 Å². The van der Waals surface area contributed by atoms with Crippen LogP contribution < -0.4 is 5.32 Å². The summed E-state index contributed by atoms with van der Waals surface area (Å²) in [7, 11) is 0. The van der Waals surface area contributed by atoms with Gasteiger partial charge < -0.3 is 5.32 Å². The molecule has 3 unspecified atom stereocenters. The van der Waals surface area contributed by atoms with Crippen molar-refractivity contribution in [2.75, 3.05) is 13.1 Å². The number of piperazine rings is 1. The quantitative estimate of drug-likeness (QED) is 0.734. The summed E-state index contributed by atoms with van der Waals surface area (Å²) in [5.41, 5.74) is 0. The van der Waals surface area contributed by atoms with E-state index >= 15 is 0 Å². The SMILES string of the molecule is C#CC(C)N1CC(C(C)C)NCC1C(C)C. The summed E-state index contributed by atoms with van der Waals surface area (Å²) in [6, 6.07) is 1.39. The molecule has 1 heterocycles. The molecule has 1 rings (SSSR count). The summed E-state index contributed by atoms with van der Waals surface area (Å²) in [6.07, 6.45) is 5.57. The summed E-state index contributed by atoms with van der Waals surface area (Å²) in [5.74, 6) is 4.19. The van der Waals surface area contributed by atoms with Crippen molar-refractivity contribution in [2.24, 2.45) is 11.8 Å². The lowest BCUT2D eigenvalue weighted by molar-refractivity contribution is 0.0705. The number of rotatable bonds is 3. The smallest absolute Gasteiger partial charge is 0.0686 e. The zero-order valence-electron chi connectivity index (χ0n) is 11.3. The van der Waals surface area contributed by atoms with Gasteiger partial charge in [-0.3, -0.25) is 4.90 Å². The van der Waals surface area contributed by atoms with Crippen LogP contribution in [0.1, 0.15) is 34.6 Å². The van der Waals surface area contributed by atoms with Gasteiger partial charge in [0, 0.05) is 25.2 Å². The molecule has 1 fully saturated rings. The summed E-state index contributed by atoms with van der Waals surface area (Å²) in [6.45, 7) is 13.4. The number of nitrogens with one attached hydrogen (secondary N) is 1. The molecule has 0 saturated carbocycles. The minimum Gasteiger partial charge on any atom is -0.311 e. The van der Waals surface area contributed by atoms with Gasteiger partial charge in [0.25, 0.3) is 0 Å². The Morgan fingerprint density at radius 1 is 1.19 bits per heavy atom. The minimum absolute atomic E-state index is 0.246. The third kappa shape index (κ3) is 2.99. The maximum absolute atomic E-state index is 5.57. The summed E-state index contributed by atoms with van der Waals surface area (Å²) >= 11 is 0. The van der Waals surface area contributed by atoms with Gasteiger partial charge in [-0.1, -0.05) is 33.6 Å². The van der Waals surface area contributed by atoms with Gasteiger partial charge in [0.1, 0.15) is 0 Å². The molecule has 0 spiro atoms. The van der Waals surface area contributed by atoms with E-state index in [0.29, 0.717) is 23.9 Å². The standard InChI is InChI=1S/C14H26N2/c1-7-12(6)16-9-13(10(2)3)15-8-14(16)11(4)5/h1,10-15H,8-9H2,2-6H3. The van der Waals surface area contributed by atoms with E-state index in [-0.39, 0.29) is 6.04 Å². The third-order valence-corrected chi connectivity index (χ3v) is 3.74. The van der Waals surface area contributed by atoms with Crippen molar-refractivity contribution in [3.63, 3.8) is 0 Å². The average Bonchev–Trinajstić information content (AvgIpc) is 2.26. The van der Waals surface area contributed by atoms with Crippen molar-refractivity contribution >= 4 is 0 Å². The Bertz CT molecular complexity index is 252. The lowest BCUT2D eigenvalue weighted by Gasteiger charge is -2.45. The van der Waals surface area contributed by atoms with Crippen LogP contribution in [0.15, 0.2) is 0 Å². The molecule has 1 saturated heterocycles. The first-order chi connectivity index (χ1) is 7.47. The fourth-order valence-corrected chi connectivity index (χ4v) is 2.42. The summed E-state index contributed by atoms with van der Waals surface area (Å²) < 4.78 is 0. The average molecular weight is 222 g/mol. The molecule has 2 heteroatoms. The molecule has 0 radical (unpaired) electrons. The number of nitrogens with zero attached hydrogens (tertiary/aromatic N) is 1. The zero-order valence-corrected chi connectivity index (χ0v) is 11.3. The van der Waals surface area contributed by atoms with Gasteiger partial charge in [0.15, 0.2) is 0 Å². The molecule has 0 aliphatic carbocycles. The maximum Gasteiger partial charge on any atom is 0.0686 e. The Kier molecular flexibility index (Phi) is 4.83. The van der Waals surface area contributed by atoms with Gasteiger partial charge >= 0.3 is 0 Å². The Morgan fingerprint density at radius 3 is 2.25 bits per heavy atom. The fourth-order valence-electron chi connectivity index (χ4n) is 2.42. The molecular formula is C14H26N2. The van der Waals surface area contributed by atoms with Gasteiger partial charge in [-0.25, -0.2) is 0 Å². The molecule has 0 bridgehead atoms. The summed E-state index contributed by atoms with van der Waals surface area (Å²) in [4.78, 5) is 2.49. The van der Waals surface area contributed by atoms with E-state index in [9.17, 15) is 0 Å². The molecule has 0 aromatic rings. The first kappa shape index (κ1) is 13.5. The van der Waals surface area contributed by atoms with E-state index in [1.165, 1.54) is 0 Å². The molecule has 3 atom stereocenters. The van der Waals surface area contributed by atoms with Gasteiger partial charge in [0.2, 0.25) is 0 Å². The number of hydrogen-bond acceptors (Lipinski definition) is 2.